The van der Waals surface area contributed by atoms with Crippen molar-refractivity contribution >= 4 is 35.0 Å². The molecule has 0 spiro atoms. The molecule has 1 amide bonds. The van der Waals surface area contributed by atoms with Gasteiger partial charge in [0.2, 0.25) is 0 Å². The van der Waals surface area contributed by atoms with Crippen molar-refractivity contribution in [1.29, 1.82) is 0 Å². The highest BCUT2D eigenvalue weighted by atomic mass is 35.5. The molecule has 0 aliphatic carbocycles. The molecule has 144 valence electrons. The molecule has 0 atom stereocenters. The number of amides is 1. The summed E-state index contributed by atoms with van der Waals surface area (Å²) in [6.07, 6.45) is 3.82. The van der Waals surface area contributed by atoms with Gasteiger partial charge in [-0.15, -0.1) is 0 Å². The SMILES string of the molecule is COc1ccc(N2C(=O)/C(=C\c3ccccc3)C=C2c2ccc(C)c(Cl)c2)cc1. The lowest BCUT2D eigenvalue weighted by atomic mass is 10.1. The molecule has 0 bridgehead atoms. The molecule has 0 radical (unpaired) electrons. The molecule has 29 heavy (non-hydrogen) atoms. The van der Waals surface area contributed by atoms with Gasteiger partial charge in [-0.2, -0.15) is 0 Å². The van der Waals surface area contributed by atoms with E-state index in [1.807, 2.05) is 91.9 Å². The van der Waals surface area contributed by atoms with E-state index in [1.165, 1.54) is 0 Å². The van der Waals surface area contributed by atoms with Crippen LogP contribution in [-0.2, 0) is 4.79 Å². The summed E-state index contributed by atoms with van der Waals surface area (Å²) in [5, 5.41) is 0.672. The normalized spacial score (nSPS) is 15.0. The van der Waals surface area contributed by atoms with Crippen LogP contribution < -0.4 is 9.64 Å². The zero-order valence-corrected chi connectivity index (χ0v) is 17.0. The Labute approximate surface area is 175 Å². The fourth-order valence-electron chi connectivity index (χ4n) is 3.30. The van der Waals surface area contributed by atoms with Crippen molar-refractivity contribution in [3.05, 3.63) is 106 Å². The van der Waals surface area contributed by atoms with Crippen LogP contribution >= 0.6 is 11.6 Å². The second kappa shape index (κ2) is 7.98. The molecule has 0 fully saturated rings. The van der Waals surface area contributed by atoms with E-state index in [0.717, 1.165) is 33.8 Å². The topological polar surface area (TPSA) is 29.5 Å². The van der Waals surface area contributed by atoms with E-state index in [2.05, 4.69) is 0 Å². The molecule has 4 heteroatoms. The Balaban J connectivity index is 1.82. The van der Waals surface area contributed by atoms with Gasteiger partial charge < -0.3 is 4.74 Å². The van der Waals surface area contributed by atoms with E-state index in [4.69, 9.17) is 16.3 Å². The number of carbonyl (C=O) groups excluding carboxylic acids is 1. The molecule has 1 heterocycles. The zero-order valence-electron chi connectivity index (χ0n) is 16.2. The van der Waals surface area contributed by atoms with Crippen LogP contribution in [0.1, 0.15) is 16.7 Å². The standard InChI is InChI=1S/C25H20ClNO2/c1-17-8-9-19(15-23(17)26)24-16-20(14-18-6-4-3-5-7-18)25(28)27(24)21-10-12-22(29-2)13-11-21/h3-16H,1-2H3/b20-14-. The first-order chi connectivity index (χ1) is 14.1. The average molecular weight is 402 g/mol. The van der Waals surface area contributed by atoms with Gasteiger partial charge in [-0.05, 0) is 60.5 Å². The van der Waals surface area contributed by atoms with Crippen LogP contribution in [0.3, 0.4) is 0 Å². The molecular formula is C25H20ClNO2. The summed E-state index contributed by atoms with van der Waals surface area (Å²) in [5.41, 5.74) is 5.06. The molecule has 0 unspecified atom stereocenters. The van der Waals surface area contributed by atoms with E-state index >= 15 is 0 Å². The molecule has 0 N–H and O–H groups in total. The van der Waals surface area contributed by atoms with Crippen LogP contribution in [0.15, 0.2) is 84.4 Å². The number of aryl methyl sites for hydroxylation is 1. The molecule has 3 aromatic rings. The molecule has 1 aliphatic heterocycles. The third-order valence-corrected chi connectivity index (χ3v) is 5.31. The molecule has 4 rings (SSSR count). The number of benzene rings is 3. The number of methoxy groups -OCH3 is 1. The number of carbonyl (C=O) groups is 1. The number of rotatable bonds is 4. The molecule has 1 aliphatic rings. The van der Waals surface area contributed by atoms with E-state index in [0.29, 0.717) is 10.6 Å². The lowest BCUT2D eigenvalue weighted by Crippen LogP contribution is -2.24. The zero-order chi connectivity index (χ0) is 20.4. The van der Waals surface area contributed by atoms with Crippen molar-refractivity contribution in [2.24, 2.45) is 0 Å². The van der Waals surface area contributed by atoms with Crippen molar-refractivity contribution in [1.82, 2.24) is 0 Å². The van der Waals surface area contributed by atoms with Crippen molar-refractivity contribution < 1.29 is 9.53 Å². The fraction of sp³-hybridized carbons (Fsp3) is 0.0800. The first-order valence-electron chi connectivity index (χ1n) is 9.30. The number of hydrogen-bond acceptors (Lipinski definition) is 2. The van der Waals surface area contributed by atoms with Crippen molar-refractivity contribution in [2.75, 3.05) is 12.0 Å². The molecule has 3 aromatic carbocycles. The van der Waals surface area contributed by atoms with Crippen LogP contribution in [-0.4, -0.2) is 13.0 Å². The molecule has 3 nitrogen and oxygen atoms in total. The van der Waals surface area contributed by atoms with Gasteiger partial charge in [-0.3, -0.25) is 9.69 Å². The Hall–Kier alpha value is -3.30. The minimum Gasteiger partial charge on any atom is -0.497 e. The van der Waals surface area contributed by atoms with Crippen LogP contribution in [0, 0.1) is 6.92 Å². The summed E-state index contributed by atoms with van der Waals surface area (Å²) in [5.74, 6) is 0.662. The number of nitrogens with zero attached hydrogens (tertiary/aromatic N) is 1. The Kier molecular flexibility index (Phi) is 5.24. The monoisotopic (exact) mass is 401 g/mol. The predicted molar refractivity (Wildman–Crippen MR) is 119 cm³/mol. The summed E-state index contributed by atoms with van der Waals surface area (Å²) >= 11 is 6.37. The predicted octanol–water partition coefficient (Wildman–Crippen LogP) is 6.13. The highest BCUT2D eigenvalue weighted by molar-refractivity contribution is 6.31. The van der Waals surface area contributed by atoms with Gasteiger partial charge in [-0.1, -0.05) is 54.1 Å². The van der Waals surface area contributed by atoms with Crippen molar-refractivity contribution in [3.8, 4) is 5.75 Å². The van der Waals surface area contributed by atoms with Gasteiger partial charge in [0.05, 0.1) is 12.8 Å². The minimum absolute atomic E-state index is 0.0780. The first kappa shape index (κ1) is 19.0. The van der Waals surface area contributed by atoms with Gasteiger partial charge >= 0.3 is 0 Å². The van der Waals surface area contributed by atoms with Gasteiger partial charge in [0, 0.05) is 21.8 Å². The maximum atomic E-state index is 13.3. The number of anilines is 1. The van der Waals surface area contributed by atoms with E-state index < -0.39 is 0 Å². The van der Waals surface area contributed by atoms with Crippen molar-refractivity contribution in [2.45, 2.75) is 6.92 Å². The Morgan fingerprint density at radius 3 is 2.34 bits per heavy atom. The van der Waals surface area contributed by atoms with E-state index in [1.54, 1.807) is 12.0 Å². The van der Waals surface area contributed by atoms with Crippen molar-refractivity contribution in [3.63, 3.8) is 0 Å². The number of hydrogen-bond donors (Lipinski definition) is 0. The summed E-state index contributed by atoms with van der Waals surface area (Å²) in [6, 6.07) is 23.1. The fourth-order valence-corrected chi connectivity index (χ4v) is 3.48. The third kappa shape index (κ3) is 3.82. The maximum absolute atomic E-state index is 13.3. The highest BCUT2D eigenvalue weighted by Gasteiger charge is 2.30. The van der Waals surface area contributed by atoms with Gasteiger partial charge in [0.1, 0.15) is 5.75 Å². The quantitative estimate of drug-likeness (QED) is 0.492. The summed E-state index contributed by atoms with van der Waals surface area (Å²) in [4.78, 5) is 15.1. The average Bonchev–Trinajstić information content (AvgIpc) is 3.07. The summed E-state index contributed by atoms with van der Waals surface area (Å²) in [7, 11) is 1.62. The lowest BCUT2D eigenvalue weighted by molar-refractivity contribution is -0.113. The van der Waals surface area contributed by atoms with Crippen LogP contribution in [0.2, 0.25) is 5.02 Å². The Bertz CT molecular complexity index is 1120. The number of halogens is 1. The Morgan fingerprint density at radius 2 is 1.69 bits per heavy atom. The largest absolute Gasteiger partial charge is 0.497 e. The Morgan fingerprint density at radius 1 is 0.966 bits per heavy atom. The second-order valence-corrected chi connectivity index (χ2v) is 7.25. The number of ether oxygens (including phenoxy) is 1. The smallest absolute Gasteiger partial charge is 0.262 e. The lowest BCUT2D eigenvalue weighted by Gasteiger charge is -2.21. The van der Waals surface area contributed by atoms with Crippen LogP contribution in [0.5, 0.6) is 5.75 Å². The van der Waals surface area contributed by atoms with Crippen LogP contribution in [0.25, 0.3) is 11.8 Å². The summed E-state index contributed by atoms with van der Waals surface area (Å²) < 4.78 is 5.25. The first-order valence-corrected chi connectivity index (χ1v) is 9.68. The van der Waals surface area contributed by atoms with Crippen LogP contribution in [0.4, 0.5) is 5.69 Å². The summed E-state index contributed by atoms with van der Waals surface area (Å²) in [6.45, 7) is 1.96. The van der Waals surface area contributed by atoms with E-state index in [9.17, 15) is 4.79 Å². The highest BCUT2D eigenvalue weighted by Crippen LogP contribution is 2.37. The van der Waals surface area contributed by atoms with Gasteiger partial charge in [0.15, 0.2) is 0 Å². The third-order valence-electron chi connectivity index (χ3n) is 4.90. The molecule has 0 saturated heterocycles. The van der Waals surface area contributed by atoms with Gasteiger partial charge in [0.25, 0.3) is 5.91 Å². The van der Waals surface area contributed by atoms with E-state index in [-0.39, 0.29) is 5.91 Å². The molecule has 0 saturated carbocycles. The van der Waals surface area contributed by atoms with Gasteiger partial charge in [-0.25, -0.2) is 0 Å². The molecular weight excluding hydrogens is 382 g/mol. The molecule has 0 aromatic heterocycles. The second-order valence-electron chi connectivity index (χ2n) is 6.84. The minimum atomic E-state index is -0.0780. The maximum Gasteiger partial charge on any atom is 0.262 e.